The lowest BCUT2D eigenvalue weighted by Gasteiger charge is -2.37. The highest BCUT2D eigenvalue weighted by Crippen LogP contribution is 2.36. The summed E-state index contributed by atoms with van der Waals surface area (Å²) in [6, 6.07) is 13.3. The molecular weight excluding hydrogens is 446 g/mol. The lowest BCUT2D eigenvalue weighted by atomic mass is 9.81. The van der Waals surface area contributed by atoms with E-state index in [2.05, 4.69) is 15.5 Å². The summed E-state index contributed by atoms with van der Waals surface area (Å²) in [4.78, 5) is 26.7. The Labute approximate surface area is 207 Å². The van der Waals surface area contributed by atoms with Crippen molar-refractivity contribution in [1.82, 2.24) is 0 Å². The number of aryl methyl sites for hydroxylation is 1. The number of anilines is 3. The van der Waals surface area contributed by atoms with Crippen LogP contribution in [-0.4, -0.2) is 56.6 Å². The number of hydrogen-bond acceptors (Lipinski definition) is 5. The zero-order chi connectivity index (χ0) is 25.4. The molecule has 1 heterocycles. The molecule has 8 heteroatoms. The van der Waals surface area contributed by atoms with Crippen LogP contribution in [0.2, 0.25) is 0 Å². The molecule has 2 aromatic carbocycles. The maximum Gasteiger partial charge on any atom is 0.323 e. The summed E-state index contributed by atoms with van der Waals surface area (Å²) in [7, 11) is 1.67. The van der Waals surface area contributed by atoms with Crippen molar-refractivity contribution in [1.29, 1.82) is 0 Å². The highest BCUT2D eigenvalue weighted by molar-refractivity contribution is 6.02. The number of amides is 2. The van der Waals surface area contributed by atoms with Crippen molar-refractivity contribution < 1.29 is 24.2 Å². The van der Waals surface area contributed by atoms with Crippen LogP contribution in [-0.2, 0) is 19.7 Å². The standard InChI is InChI=1S/C27H37N3O5/c1-19-5-8-21(9-6-19)28-26(33)29-23-17-20(27(2,3)18-25(31)32)7-10-24(23)30(13-16-34-4)22-11-14-35-15-12-22/h5-10,17,22H,11-16,18H2,1-4H3,(H,31,32)(H2,28,29,33). The normalized spacial score (nSPS) is 14.4. The van der Waals surface area contributed by atoms with Gasteiger partial charge in [0, 0.05) is 44.0 Å². The maximum absolute atomic E-state index is 13.0. The van der Waals surface area contributed by atoms with Crippen LogP contribution in [0.1, 0.15) is 44.2 Å². The van der Waals surface area contributed by atoms with Crippen LogP contribution in [0.4, 0.5) is 21.9 Å². The third-order valence-corrected chi connectivity index (χ3v) is 6.41. The number of carboxylic acid groups (broad SMARTS) is 1. The second kappa shape index (κ2) is 12.0. The van der Waals surface area contributed by atoms with Gasteiger partial charge in [-0.15, -0.1) is 0 Å². The van der Waals surface area contributed by atoms with Gasteiger partial charge in [-0.25, -0.2) is 4.79 Å². The molecule has 190 valence electrons. The van der Waals surface area contributed by atoms with Gasteiger partial charge in [-0.1, -0.05) is 37.6 Å². The molecule has 3 N–H and O–H groups in total. The summed E-state index contributed by atoms with van der Waals surface area (Å²) in [6.45, 7) is 8.36. The van der Waals surface area contributed by atoms with E-state index in [9.17, 15) is 14.7 Å². The Morgan fingerprint density at radius 2 is 1.80 bits per heavy atom. The molecule has 35 heavy (non-hydrogen) atoms. The predicted octanol–water partition coefficient (Wildman–Crippen LogP) is 5.02. The monoisotopic (exact) mass is 483 g/mol. The van der Waals surface area contributed by atoms with E-state index in [1.807, 2.05) is 63.2 Å². The minimum atomic E-state index is -0.866. The maximum atomic E-state index is 13.0. The number of carbonyl (C=O) groups excluding carboxylic acids is 1. The first kappa shape index (κ1) is 26.5. The summed E-state index contributed by atoms with van der Waals surface area (Å²) < 4.78 is 10.9. The van der Waals surface area contributed by atoms with Gasteiger partial charge in [0.15, 0.2) is 0 Å². The Kier molecular flexibility index (Phi) is 9.12. The average Bonchev–Trinajstić information content (AvgIpc) is 2.81. The molecular formula is C27H37N3O5. The number of benzene rings is 2. The van der Waals surface area contributed by atoms with Crippen LogP contribution in [0, 0.1) is 6.92 Å². The third kappa shape index (κ3) is 7.44. The Balaban J connectivity index is 1.96. The van der Waals surface area contributed by atoms with E-state index >= 15 is 0 Å². The van der Waals surface area contributed by atoms with Gasteiger partial charge in [-0.05, 0) is 49.6 Å². The molecule has 8 nitrogen and oxygen atoms in total. The second-order valence-corrected chi connectivity index (χ2v) is 9.66. The van der Waals surface area contributed by atoms with Gasteiger partial charge in [-0.2, -0.15) is 0 Å². The van der Waals surface area contributed by atoms with Crippen LogP contribution in [0.15, 0.2) is 42.5 Å². The first-order valence-corrected chi connectivity index (χ1v) is 12.0. The average molecular weight is 484 g/mol. The number of nitrogens with zero attached hydrogens (tertiary/aromatic N) is 1. The lowest BCUT2D eigenvalue weighted by Crippen LogP contribution is -2.42. The molecule has 0 spiro atoms. The number of methoxy groups -OCH3 is 1. The molecule has 0 saturated carbocycles. The number of urea groups is 1. The van der Waals surface area contributed by atoms with E-state index in [0.29, 0.717) is 37.7 Å². The molecule has 3 rings (SSSR count). The number of hydrogen-bond donors (Lipinski definition) is 3. The van der Waals surface area contributed by atoms with Gasteiger partial charge >= 0.3 is 12.0 Å². The fraction of sp³-hybridized carbons (Fsp3) is 0.481. The van der Waals surface area contributed by atoms with E-state index in [1.165, 1.54) is 0 Å². The van der Waals surface area contributed by atoms with Crippen LogP contribution in [0.3, 0.4) is 0 Å². The molecule has 0 bridgehead atoms. The molecule has 0 atom stereocenters. The summed E-state index contributed by atoms with van der Waals surface area (Å²) in [5, 5.41) is 15.3. The lowest BCUT2D eigenvalue weighted by molar-refractivity contribution is -0.138. The van der Waals surface area contributed by atoms with Gasteiger partial charge in [0.25, 0.3) is 0 Å². The zero-order valence-corrected chi connectivity index (χ0v) is 21.1. The molecule has 1 fully saturated rings. The smallest absolute Gasteiger partial charge is 0.323 e. The fourth-order valence-electron chi connectivity index (χ4n) is 4.40. The van der Waals surface area contributed by atoms with Crippen molar-refractivity contribution in [2.24, 2.45) is 0 Å². The van der Waals surface area contributed by atoms with Crippen molar-refractivity contribution in [2.75, 3.05) is 49.0 Å². The van der Waals surface area contributed by atoms with Crippen molar-refractivity contribution in [3.8, 4) is 0 Å². The number of carboxylic acids is 1. The number of ether oxygens (including phenoxy) is 2. The first-order valence-electron chi connectivity index (χ1n) is 12.0. The number of nitrogens with one attached hydrogen (secondary N) is 2. The minimum absolute atomic E-state index is 0.0191. The van der Waals surface area contributed by atoms with Gasteiger partial charge < -0.3 is 30.1 Å². The summed E-state index contributed by atoms with van der Waals surface area (Å²) in [5.74, 6) is -0.866. The van der Waals surface area contributed by atoms with Crippen LogP contribution >= 0.6 is 0 Å². The Morgan fingerprint density at radius 3 is 2.43 bits per heavy atom. The number of aliphatic carboxylic acids is 1. The van der Waals surface area contributed by atoms with Gasteiger partial charge in [0.1, 0.15) is 0 Å². The summed E-state index contributed by atoms with van der Waals surface area (Å²) >= 11 is 0. The van der Waals surface area contributed by atoms with Crippen molar-refractivity contribution in [3.05, 3.63) is 53.6 Å². The Hall–Kier alpha value is -3.10. The Bertz CT molecular complexity index is 1000. The van der Waals surface area contributed by atoms with Crippen molar-refractivity contribution in [2.45, 2.75) is 51.5 Å². The third-order valence-electron chi connectivity index (χ3n) is 6.41. The zero-order valence-electron chi connectivity index (χ0n) is 21.1. The molecule has 0 unspecified atom stereocenters. The SMILES string of the molecule is COCCN(c1ccc(C(C)(C)CC(=O)O)cc1NC(=O)Nc1ccc(C)cc1)C1CCOCC1. The van der Waals surface area contributed by atoms with E-state index in [1.54, 1.807) is 7.11 Å². The molecule has 1 aliphatic heterocycles. The highest BCUT2D eigenvalue weighted by Gasteiger charge is 2.28. The van der Waals surface area contributed by atoms with Crippen LogP contribution in [0.25, 0.3) is 0 Å². The summed E-state index contributed by atoms with van der Waals surface area (Å²) in [6.07, 6.45) is 1.74. The van der Waals surface area contributed by atoms with Crippen molar-refractivity contribution in [3.63, 3.8) is 0 Å². The van der Waals surface area contributed by atoms with Crippen molar-refractivity contribution >= 4 is 29.1 Å². The fourth-order valence-corrected chi connectivity index (χ4v) is 4.40. The molecule has 0 aromatic heterocycles. The quantitative estimate of drug-likeness (QED) is 0.439. The van der Waals surface area contributed by atoms with E-state index in [-0.39, 0.29) is 18.5 Å². The largest absolute Gasteiger partial charge is 0.481 e. The number of carbonyl (C=O) groups is 2. The van der Waals surface area contributed by atoms with E-state index in [4.69, 9.17) is 9.47 Å². The highest BCUT2D eigenvalue weighted by atomic mass is 16.5. The van der Waals surface area contributed by atoms with Crippen LogP contribution in [0.5, 0.6) is 0 Å². The minimum Gasteiger partial charge on any atom is -0.481 e. The first-order chi connectivity index (χ1) is 16.7. The molecule has 1 saturated heterocycles. The number of rotatable bonds is 10. The molecule has 0 radical (unpaired) electrons. The molecule has 1 aliphatic rings. The Morgan fingerprint density at radius 1 is 1.11 bits per heavy atom. The molecule has 2 amide bonds. The topological polar surface area (TPSA) is 100 Å². The second-order valence-electron chi connectivity index (χ2n) is 9.66. The molecule has 2 aromatic rings. The predicted molar refractivity (Wildman–Crippen MR) is 139 cm³/mol. The molecule has 0 aliphatic carbocycles. The van der Waals surface area contributed by atoms with Gasteiger partial charge in [0.05, 0.1) is 24.4 Å². The van der Waals surface area contributed by atoms with Gasteiger partial charge in [-0.3, -0.25) is 4.79 Å². The van der Waals surface area contributed by atoms with Gasteiger partial charge in [0.2, 0.25) is 0 Å². The van der Waals surface area contributed by atoms with E-state index in [0.717, 1.165) is 29.7 Å². The van der Waals surface area contributed by atoms with E-state index < -0.39 is 11.4 Å². The van der Waals surface area contributed by atoms with Crippen LogP contribution < -0.4 is 15.5 Å². The summed E-state index contributed by atoms with van der Waals surface area (Å²) in [5.41, 5.74) is 3.54.